The van der Waals surface area contributed by atoms with Gasteiger partial charge in [-0.3, -0.25) is 4.79 Å². The molecule has 1 aliphatic rings. The predicted molar refractivity (Wildman–Crippen MR) is 63.9 cm³/mol. The van der Waals surface area contributed by atoms with Crippen molar-refractivity contribution >= 4 is 29.3 Å². The molecular weight excluding hydrogens is 230 g/mol. The first kappa shape index (κ1) is 10.6. The number of hydrogen-bond donors (Lipinski definition) is 1. The third kappa shape index (κ3) is 2.36. The Morgan fingerprint density at radius 3 is 2.73 bits per heavy atom. The van der Waals surface area contributed by atoms with E-state index in [-0.39, 0.29) is 11.2 Å². The van der Waals surface area contributed by atoms with Crippen LogP contribution >= 0.6 is 23.4 Å². The zero-order valence-electron chi connectivity index (χ0n) is 8.00. The number of benzene rings is 1. The van der Waals surface area contributed by atoms with E-state index in [0.717, 1.165) is 10.5 Å². The summed E-state index contributed by atoms with van der Waals surface area (Å²) in [6, 6.07) is 7.33. The van der Waals surface area contributed by atoms with Gasteiger partial charge in [0.2, 0.25) is 5.91 Å². The lowest BCUT2D eigenvalue weighted by Crippen LogP contribution is -2.33. The van der Waals surface area contributed by atoms with Gasteiger partial charge in [-0.05, 0) is 22.6 Å². The summed E-state index contributed by atoms with van der Waals surface area (Å²) in [4.78, 5) is 12.6. The van der Waals surface area contributed by atoms with Crippen molar-refractivity contribution in [2.24, 2.45) is 0 Å². The Labute approximate surface area is 97.7 Å². The standard InChI is InChI=1S/C11H10ClNOS/c1-7-6-13-11(14)10(15-7)8-2-4-9(12)5-3-8/h2-5,10H,1,6H2,(H,13,14). The molecule has 0 saturated carbocycles. The Kier molecular flexibility index (Phi) is 3.03. The van der Waals surface area contributed by atoms with Gasteiger partial charge >= 0.3 is 0 Å². The molecule has 0 spiro atoms. The number of rotatable bonds is 1. The maximum absolute atomic E-state index is 11.6. The minimum atomic E-state index is -0.191. The van der Waals surface area contributed by atoms with E-state index in [1.54, 1.807) is 12.1 Å². The smallest absolute Gasteiger partial charge is 0.238 e. The van der Waals surface area contributed by atoms with Crippen LogP contribution in [0, 0.1) is 0 Å². The highest BCUT2D eigenvalue weighted by atomic mass is 35.5. The van der Waals surface area contributed by atoms with Crippen LogP contribution in [0.4, 0.5) is 0 Å². The minimum Gasteiger partial charge on any atom is -0.350 e. The highest BCUT2D eigenvalue weighted by Crippen LogP contribution is 2.36. The summed E-state index contributed by atoms with van der Waals surface area (Å²) in [7, 11) is 0. The second-order valence-electron chi connectivity index (χ2n) is 3.31. The molecule has 78 valence electrons. The number of hydrogen-bond acceptors (Lipinski definition) is 2. The Hall–Kier alpha value is -0.930. The van der Waals surface area contributed by atoms with E-state index >= 15 is 0 Å². The average molecular weight is 240 g/mol. The van der Waals surface area contributed by atoms with Gasteiger partial charge in [-0.2, -0.15) is 0 Å². The van der Waals surface area contributed by atoms with Gasteiger partial charge in [0.15, 0.2) is 0 Å². The largest absolute Gasteiger partial charge is 0.350 e. The summed E-state index contributed by atoms with van der Waals surface area (Å²) in [5.41, 5.74) is 0.961. The Morgan fingerprint density at radius 1 is 1.40 bits per heavy atom. The molecule has 2 rings (SSSR count). The van der Waals surface area contributed by atoms with Crippen LogP contribution in [0.2, 0.25) is 5.02 Å². The molecule has 0 radical (unpaired) electrons. The molecular formula is C11H10ClNOS. The summed E-state index contributed by atoms with van der Waals surface area (Å²) in [6.45, 7) is 4.43. The van der Waals surface area contributed by atoms with Crippen LogP contribution < -0.4 is 5.32 Å². The van der Waals surface area contributed by atoms with Crippen molar-refractivity contribution in [3.8, 4) is 0 Å². The number of carbonyl (C=O) groups is 1. The zero-order chi connectivity index (χ0) is 10.8. The van der Waals surface area contributed by atoms with Crippen LogP contribution in [-0.4, -0.2) is 12.5 Å². The molecule has 2 nitrogen and oxygen atoms in total. The second kappa shape index (κ2) is 4.29. The van der Waals surface area contributed by atoms with Gasteiger partial charge in [0.1, 0.15) is 5.25 Å². The first-order valence-electron chi connectivity index (χ1n) is 4.54. The number of amides is 1. The second-order valence-corrected chi connectivity index (χ2v) is 5.03. The van der Waals surface area contributed by atoms with E-state index in [9.17, 15) is 4.79 Å². The van der Waals surface area contributed by atoms with Gasteiger partial charge in [-0.15, -0.1) is 11.8 Å². The highest BCUT2D eigenvalue weighted by molar-refractivity contribution is 8.04. The molecule has 0 aliphatic carbocycles. The highest BCUT2D eigenvalue weighted by Gasteiger charge is 2.26. The molecule has 0 bridgehead atoms. The maximum Gasteiger partial charge on any atom is 0.238 e. The summed E-state index contributed by atoms with van der Waals surface area (Å²) in [6.07, 6.45) is 0. The quantitative estimate of drug-likeness (QED) is 0.817. The van der Waals surface area contributed by atoms with E-state index in [1.807, 2.05) is 12.1 Å². The molecule has 15 heavy (non-hydrogen) atoms. The molecule has 0 aromatic heterocycles. The molecule has 1 amide bonds. The summed E-state index contributed by atoms with van der Waals surface area (Å²) >= 11 is 7.29. The monoisotopic (exact) mass is 239 g/mol. The van der Waals surface area contributed by atoms with Crippen molar-refractivity contribution in [1.29, 1.82) is 0 Å². The van der Waals surface area contributed by atoms with Crippen molar-refractivity contribution in [3.63, 3.8) is 0 Å². The Balaban J connectivity index is 2.25. The summed E-state index contributed by atoms with van der Waals surface area (Å²) in [5.74, 6) is 0.0368. The minimum absolute atomic E-state index is 0.0368. The van der Waals surface area contributed by atoms with E-state index in [2.05, 4.69) is 11.9 Å². The lowest BCUT2D eigenvalue weighted by atomic mass is 10.1. The van der Waals surface area contributed by atoms with Crippen LogP contribution in [0.25, 0.3) is 0 Å². The number of carbonyl (C=O) groups excluding carboxylic acids is 1. The lowest BCUT2D eigenvalue weighted by Gasteiger charge is -2.23. The predicted octanol–water partition coefficient (Wildman–Crippen LogP) is 2.76. The fraction of sp³-hybridized carbons (Fsp3) is 0.182. The maximum atomic E-state index is 11.6. The van der Waals surface area contributed by atoms with Crippen LogP contribution in [0.5, 0.6) is 0 Å². The fourth-order valence-electron chi connectivity index (χ4n) is 1.40. The van der Waals surface area contributed by atoms with Crippen LogP contribution in [0.15, 0.2) is 35.7 Å². The van der Waals surface area contributed by atoms with Crippen LogP contribution in [-0.2, 0) is 4.79 Å². The molecule has 4 heteroatoms. The van der Waals surface area contributed by atoms with E-state index in [0.29, 0.717) is 11.6 Å². The molecule has 1 aromatic rings. The first-order valence-corrected chi connectivity index (χ1v) is 5.80. The Bertz CT molecular complexity index is 402. The SMILES string of the molecule is C=C1CNC(=O)C(c2ccc(Cl)cc2)S1. The first-order chi connectivity index (χ1) is 7.16. The van der Waals surface area contributed by atoms with Crippen molar-refractivity contribution in [2.75, 3.05) is 6.54 Å². The molecule has 1 saturated heterocycles. The van der Waals surface area contributed by atoms with Crippen molar-refractivity contribution in [2.45, 2.75) is 5.25 Å². The lowest BCUT2D eigenvalue weighted by molar-refractivity contribution is -0.120. The molecule has 1 aliphatic heterocycles. The average Bonchev–Trinajstić information content (AvgIpc) is 2.23. The van der Waals surface area contributed by atoms with E-state index < -0.39 is 0 Å². The van der Waals surface area contributed by atoms with Gasteiger partial charge < -0.3 is 5.32 Å². The van der Waals surface area contributed by atoms with Gasteiger partial charge in [-0.1, -0.05) is 30.3 Å². The van der Waals surface area contributed by atoms with Gasteiger partial charge in [0.25, 0.3) is 0 Å². The molecule has 1 fully saturated rings. The van der Waals surface area contributed by atoms with E-state index in [4.69, 9.17) is 11.6 Å². The molecule has 1 aromatic carbocycles. The third-order valence-electron chi connectivity index (χ3n) is 2.16. The van der Waals surface area contributed by atoms with Crippen molar-refractivity contribution < 1.29 is 4.79 Å². The van der Waals surface area contributed by atoms with Gasteiger partial charge in [-0.25, -0.2) is 0 Å². The molecule has 1 heterocycles. The van der Waals surface area contributed by atoms with Crippen molar-refractivity contribution in [3.05, 3.63) is 46.3 Å². The zero-order valence-corrected chi connectivity index (χ0v) is 9.57. The number of thioether (sulfide) groups is 1. The van der Waals surface area contributed by atoms with E-state index in [1.165, 1.54) is 11.8 Å². The van der Waals surface area contributed by atoms with Crippen LogP contribution in [0.3, 0.4) is 0 Å². The summed E-state index contributed by atoms with van der Waals surface area (Å²) in [5, 5.41) is 3.29. The van der Waals surface area contributed by atoms with Crippen molar-refractivity contribution in [1.82, 2.24) is 5.32 Å². The topological polar surface area (TPSA) is 29.1 Å². The normalized spacial score (nSPS) is 21.3. The van der Waals surface area contributed by atoms with Gasteiger partial charge in [0, 0.05) is 11.6 Å². The third-order valence-corrected chi connectivity index (χ3v) is 3.61. The number of nitrogens with one attached hydrogen (secondary N) is 1. The molecule has 1 unspecified atom stereocenters. The molecule has 1 N–H and O–H groups in total. The number of halogens is 1. The van der Waals surface area contributed by atoms with Crippen LogP contribution in [0.1, 0.15) is 10.8 Å². The Morgan fingerprint density at radius 2 is 2.07 bits per heavy atom. The molecule has 1 atom stereocenters. The summed E-state index contributed by atoms with van der Waals surface area (Å²) < 4.78 is 0. The van der Waals surface area contributed by atoms with Gasteiger partial charge in [0.05, 0.1) is 0 Å². The fourth-order valence-corrected chi connectivity index (χ4v) is 2.50.